The minimum Gasteiger partial charge on any atom is -0.394 e. The molecule has 3 aliphatic rings. The molecule has 15 heteroatoms. The number of aliphatic hydroxyl groups excluding tert-OH is 10. The molecule has 3 fully saturated rings. The third kappa shape index (κ3) is 5.48. The van der Waals surface area contributed by atoms with Gasteiger partial charge in [0, 0.05) is 0 Å². The Hall–Kier alpha value is -0.600. The van der Waals surface area contributed by atoms with Crippen LogP contribution in [0.5, 0.6) is 0 Å². The third-order valence-electron chi connectivity index (χ3n) is 6.04. The molecule has 0 radical (unpaired) electrons. The van der Waals surface area contributed by atoms with Crippen LogP contribution in [0, 0.1) is 0 Å². The van der Waals surface area contributed by atoms with Gasteiger partial charge in [-0.3, -0.25) is 0 Å². The topological polar surface area (TPSA) is 248 Å². The van der Waals surface area contributed by atoms with E-state index in [0.29, 0.717) is 0 Å². The quantitative estimate of drug-likeness (QED) is 0.167. The molecule has 0 saturated carbocycles. The van der Waals surface area contributed by atoms with Gasteiger partial charge in [0.2, 0.25) is 0 Å². The highest BCUT2D eigenvalue weighted by molar-refractivity contribution is 4.94. The maximum atomic E-state index is 10.4. The van der Waals surface area contributed by atoms with Crippen molar-refractivity contribution in [2.24, 2.45) is 0 Å². The van der Waals surface area contributed by atoms with Crippen LogP contribution in [0.2, 0.25) is 0 Å². The first-order valence-electron chi connectivity index (χ1n) is 10.4. The summed E-state index contributed by atoms with van der Waals surface area (Å²) in [6.07, 6.45) is -23.4. The van der Waals surface area contributed by atoms with Gasteiger partial charge >= 0.3 is 0 Å². The van der Waals surface area contributed by atoms with E-state index in [1.54, 1.807) is 0 Å². The van der Waals surface area contributed by atoms with Gasteiger partial charge in [0.1, 0.15) is 67.1 Å². The molecule has 33 heavy (non-hydrogen) atoms. The normalized spacial score (nSPS) is 53.7. The molecule has 3 saturated heterocycles. The molecular weight excluding hydrogens is 456 g/mol. The third-order valence-corrected chi connectivity index (χ3v) is 6.04. The van der Waals surface area contributed by atoms with E-state index in [-0.39, 0.29) is 0 Å². The SMILES string of the molecule is C[C@H]1O[C@@H](OC[C@H]2OC(O)[C@H](O[C@@H]3O[C@H](CO)[C@@H](O)[C@H](O)[C@H]3O)[C@@H](O)[C@@H]2O)[C@H](O)[C@@H](O)[C@H]1O. The summed E-state index contributed by atoms with van der Waals surface area (Å²) >= 11 is 0. The van der Waals surface area contributed by atoms with Crippen LogP contribution in [-0.2, 0) is 23.7 Å². The minimum absolute atomic E-state index is 0.515. The summed E-state index contributed by atoms with van der Waals surface area (Å²) in [7, 11) is 0. The fourth-order valence-electron chi connectivity index (χ4n) is 3.88. The summed E-state index contributed by atoms with van der Waals surface area (Å²) in [4.78, 5) is 0. The summed E-state index contributed by atoms with van der Waals surface area (Å²) in [6, 6.07) is 0. The Morgan fingerprint density at radius 1 is 0.606 bits per heavy atom. The van der Waals surface area contributed by atoms with Crippen LogP contribution in [0.4, 0.5) is 0 Å². The Bertz CT molecular complexity index is 624. The molecule has 0 aromatic rings. The molecule has 194 valence electrons. The minimum atomic E-state index is -1.88. The van der Waals surface area contributed by atoms with E-state index in [1.165, 1.54) is 6.92 Å². The largest absolute Gasteiger partial charge is 0.394 e. The summed E-state index contributed by atoms with van der Waals surface area (Å²) in [5.74, 6) is 0. The Kier molecular flexibility index (Phi) is 8.99. The van der Waals surface area contributed by atoms with E-state index in [0.717, 1.165) is 0 Å². The van der Waals surface area contributed by atoms with Crippen molar-refractivity contribution in [3.8, 4) is 0 Å². The fraction of sp³-hybridized carbons (Fsp3) is 1.00. The molecule has 0 bridgehead atoms. The van der Waals surface area contributed by atoms with Gasteiger partial charge in [0.25, 0.3) is 0 Å². The lowest BCUT2D eigenvalue weighted by atomic mass is 9.97. The van der Waals surface area contributed by atoms with E-state index in [2.05, 4.69) is 0 Å². The maximum Gasteiger partial charge on any atom is 0.187 e. The molecule has 0 aromatic carbocycles. The van der Waals surface area contributed by atoms with Gasteiger partial charge in [-0.2, -0.15) is 0 Å². The van der Waals surface area contributed by atoms with Crippen molar-refractivity contribution in [1.82, 2.24) is 0 Å². The molecule has 3 heterocycles. The van der Waals surface area contributed by atoms with Crippen LogP contribution in [0.25, 0.3) is 0 Å². The fourth-order valence-corrected chi connectivity index (χ4v) is 3.88. The van der Waals surface area contributed by atoms with Gasteiger partial charge in [-0.15, -0.1) is 0 Å². The van der Waals surface area contributed by atoms with Crippen LogP contribution in [-0.4, -0.2) is 156 Å². The van der Waals surface area contributed by atoms with Gasteiger partial charge in [-0.1, -0.05) is 0 Å². The Labute approximate surface area is 187 Å². The molecule has 3 aliphatic heterocycles. The van der Waals surface area contributed by atoms with Crippen LogP contribution >= 0.6 is 0 Å². The highest BCUT2D eigenvalue weighted by atomic mass is 16.7. The van der Waals surface area contributed by atoms with Crippen molar-refractivity contribution in [3.05, 3.63) is 0 Å². The predicted molar refractivity (Wildman–Crippen MR) is 99.8 cm³/mol. The monoisotopic (exact) mass is 488 g/mol. The molecule has 0 aromatic heterocycles. The van der Waals surface area contributed by atoms with Gasteiger partial charge in [0.15, 0.2) is 18.9 Å². The second-order valence-electron chi connectivity index (χ2n) is 8.36. The van der Waals surface area contributed by atoms with Crippen LogP contribution in [0.1, 0.15) is 6.92 Å². The van der Waals surface area contributed by atoms with E-state index >= 15 is 0 Å². The van der Waals surface area contributed by atoms with Crippen LogP contribution < -0.4 is 0 Å². The summed E-state index contributed by atoms with van der Waals surface area (Å²) in [5.41, 5.74) is 0. The molecule has 3 rings (SSSR count). The molecule has 15 atom stereocenters. The molecule has 0 aliphatic carbocycles. The molecule has 15 nitrogen and oxygen atoms in total. The Balaban J connectivity index is 1.59. The van der Waals surface area contributed by atoms with Crippen molar-refractivity contribution in [2.75, 3.05) is 13.2 Å². The van der Waals surface area contributed by atoms with Gasteiger partial charge in [-0.05, 0) is 6.92 Å². The van der Waals surface area contributed by atoms with Gasteiger partial charge in [0.05, 0.1) is 19.3 Å². The van der Waals surface area contributed by atoms with E-state index in [1.807, 2.05) is 0 Å². The second-order valence-corrected chi connectivity index (χ2v) is 8.36. The average Bonchev–Trinajstić information content (AvgIpc) is 2.79. The molecule has 10 N–H and O–H groups in total. The first kappa shape index (κ1) is 27.0. The number of hydrogen-bond acceptors (Lipinski definition) is 15. The molecule has 0 spiro atoms. The lowest BCUT2D eigenvalue weighted by molar-refractivity contribution is -0.366. The van der Waals surface area contributed by atoms with Crippen molar-refractivity contribution in [1.29, 1.82) is 0 Å². The van der Waals surface area contributed by atoms with Crippen molar-refractivity contribution >= 4 is 0 Å². The standard InChI is InChI=1S/C18H32O15/c1-4-7(20)10(23)13(26)17(30-4)29-3-6-9(22)12(25)15(16(28)31-6)33-18-14(27)11(24)8(21)5(2-19)32-18/h4-28H,2-3H2,1H3/t4-,5-,6-,7+,8-,9-,10+,11+,12+,13-,14-,15-,16?,17-,18+/m1/s1. The van der Waals surface area contributed by atoms with Crippen molar-refractivity contribution < 1.29 is 74.7 Å². The van der Waals surface area contributed by atoms with Crippen LogP contribution in [0.15, 0.2) is 0 Å². The highest BCUT2D eigenvalue weighted by Gasteiger charge is 2.51. The maximum absolute atomic E-state index is 10.4. The van der Waals surface area contributed by atoms with E-state index in [4.69, 9.17) is 23.7 Å². The number of aliphatic hydroxyl groups is 10. The Morgan fingerprint density at radius 2 is 1.18 bits per heavy atom. The van der Waals surface area contributed by atoms with Crippen molar-refractivity contribution in [2.45, 2.75) is 99.0 Å². The van der Waals surface area contributed by atoms with E-state index < -0.39 is 105 Å². The molecule has 0 amide bonds. The summed E-state index contributed by atoms with van der Waals surface area (Å²) in [5, 5.41) is 99.5. The number of hydrogen-bond donors (Lipinski definition) is 10. The lowest BCUT2D eigenvalue weighted by Gasteiger charge is -2.45. The average molecular weight is 488 g/mol. The zero-order chi connectivity index (χ0) is 24.6. The highest BCUT2D eigenvalue weighted by Crippen LogP contribution is 2.29. The molecular formula is C18H32O15. The first-order chi connectivity index (χ1) is 15.5. The smallest absolute Gasteiger partial charge is 0.187 e. The number of ether oxygens (including phenoxy) is 5. The van der Waals surface area contributed by atoms with E-state index in [9.17, 15) is 51.1 Å². The van der Waals surface area contributed by atoms with Gasteiger partial charge < -0.3 is 74.7 Å². The second kappa shape index (κ2) is 11.0. The Morgan fingerprint density at radius 3 is 1.82 bits per heavy atom. The number of rotatable bonds is 6. The lowest BCUT2D eigenvalue weighted by Crippen LogP contribution is -2.64. The predicted octanol–water partition coefficient (Wildman–Crippen LogP) is -6.55. The van der Waals surface area contributed by atoms with Crippen molar-refractivity contribution in [3.63, 3.8) is 0 Å². The molecule has 1 unspecified atom stereocenters. The summed E-state index contributed by atoms with van der Waals surface area (Å²) in [6.45, 7) is 0.203. The van der Waals surface area contributed by atoms with Crippen LogP contribution in [0.3, 0.4) is 0 Å². The first-order valence-corrected chi connectivity index (χ1v) is 10.4. The zero-order valence-corrected chi connectivity index (χ0v) is 17.6. The zero-order valence-electron chi connectivity index (χ0n) is 17.6. The van der Waals surface area contributed by atoms with Gasteiger partial charge in [-0.25, -0.2) is 0 Å². The summed E-state index contributed by atoms with van der Waals surface area (Å²) < 4.78 is 26.2.